The highest BCUT2D eigenvalue weighted by Crippen LogP contribution is 2.35. The van der Waals surface area contributed by atoms with Crippen molar-refractivity contribution in [3.8, 4) is 0 Å². The summed E-state index contributed by atoms with van der Waals surface area (Å²) in [6, 6.07) is 0.545. The molecule has 1 aromatic carbocycles. The highest BCUT2D eigenvalue weighted by molar-refractivity contribution is 6.94. The smallest absolute Gasteiger partial charge is 0.243 e. The second-order valence-electron chi connectivity index (χ2n) is 11.1. The monoisotopic (exact) mass is 478 g/mol. The van der Waals surface area contributed by atoms with Crippen molar-refractivity contribution < 1.29 is 17.0 Å². The molecule has 174 valence electrons. The predicted molar refractivity (Wildman–Crippen MR) is 137 cm³/mol. The van der Waals surface area contributed by atoms with Crippen LogP contribution in [0.5, 0.6) is 0 Å². The van der Waals surface area contributed by atoms with Crippen molar-refractivity contribution in [1.29, 1.82) is 0 Å². The Morgan fingerprint density at radius 1 is 1.00 bits per heavy atom. The zero-order chi connectivity index (χ0) is 22.4. The Morgan fingerprint density at radius 2 is 1.52 bits per heavy atom. The number of nitrogen functional groups attached to an aromatic ring is 1. The number of anilines is 2. The molecule has 1 aliphatic heterocycles. The van der Waals surface area contributed by atoms with Crippen LogP contribution in [-0.4, -0.2) is 33.8 Å². The van der Waals surface area contributed by atoms with Gasteiger partial charge in [0, 0.05) is 24.3 Å². The Balaban J connectivity index is 0.00000341. The molecule has 1 atom stereocenters. The van der Waals surface area contributed by atoms with Gasteiger partial charge in [0.2, 0.25) is 6.33 Å². The van der Waals surface area contributed by atoms with Gasteiger partial charge >= 0.3 is 0 Å². The normalized spacial score (nSPS) is 17.2. The van der Waals surface area contributed by atoms with Crippen LogP contribution in [-0.2, 0) is 19.9 Å². The first kappa shape index (κ1) is 26.0. The van der Waals surface area contributed by atoms with Gasteiger partial charge in [0.25, 0.3) is 0 Å². The van der Waals surface area contributed by atoms with Crippen molar-refractivity contribution in [1.82, 2.24) is 4.57 Å². The maximum Gasteiger partial charge on any atom is 0.243 e. The minimum atomic E-state index is -1.59. The number of rotatable bonds is 6. The molecule has 2 N–H and O–H groups in total. The van der Waals surface area contributed by atoms with Crippen LogP contribution in [0.1, 0.15) is 37.4 Å². The summed E-state index contributed by atoms with van der Waals surface area (Å²) < 4.78 is 4.54. The third kappa shape index (κ3) is 4.91. The number of imidazole rings is 1. The van der Waals surface area contributed by atoms with Crippen LogP contribution in [0, 0.1) is 0 Å². The molecule has 2 heterocycles. The number of hydrogen-bond donors (Lipinski definition) is 1. The fourth-order valence-corrected chi connectivity index (χ4v) is 9.92. The maximum absolute atomic E-state index is 7.04. The van der Waals surface area contributed by atoms with E-state index in [2.05, 4.69) is 92.9 Å². The van der Waals surface area contributed by atoms with Crippen LogP contribution in [0.2, 0.25) is 39.3 Å². The molecule has 3 rings (SSSR count). The molecule has 1 fully saturated rings. The summed E-state index contributed by atoms with van der Waals surface area (Å²) in [6.45, 7) is 21.7. The number of halogens is 1. The summed E-state index contributed by atoms with van der Waals surface area (Å²) in [7, 11) is -1.07. The van der Waals surface area contributed by atoms with Gasteiger partial charge in [-0.05, 0) is 34.3 Å². The third-order valence-corrected chi connectivity index (χ3v) is 10.8. The maximum atomic E-state index is 7.04. The first-order valence-electron chi connectivity index (χ1n) is 11.7. The van der Waals surface area contributed by atoms with Gasteiger partial charge in [0.05, 0.1) is 29.7 Å². The Kier molecular flexibility index (Phi) is 7.82. The molecule has 0 aliphatic carbocycles. The molecule has 1 saturated heterocycles. The quantitative estimate of drug-likeness (QED) is 0.374. The van der Waals surface area contributed by atoms with E-state index >= 15 is 0 Å². The van der Waals surface area contributed by atoms with Crippen molar-refractivity contribution in [2.45, 2.75) is 78.4 Å². The van der Waals surface area contributed by atoms with Gasteiger partial charge in [-0.2, -0.15) is 0 Å². The molecule has 1 unspecified atom stereocenters. The van der Waals surface area contributed by atoms with Crippen LogP contribution in [0.25, 0.3) is 0 Å². The molecule has 0 bridgehead atoms. The van der Waals surface area contributed by atoms with E-state index in [1.807, 2.05) is 0 Å². The third-order valence-electron chi connectivity index (χ3n) is 6.61. The van der Waals surface area contributed by atoms with E-state index in [1.54, 1.807) is 16.8 Å². The fraction of sp³-hybridized carbons (Fsp3) is 0.625. The van der Waals surface area contributed by atoms with E-state index in [0.29, 0.717) is 6.04 Å². The van der Waals surface area contributed by atoms with E-state index in [1.165, 1.54) is 16.8 Å². The van der Waals surface area contributed by atoms with Gasteiger partial charge in [-0.3, -0.25) is 0 Å². The zero-order valence-corrected chi connectivity index (χ0v) is 23.9. The van der Waals surface area contributed by atoms with E-state index in [0.717, 1.165) is 31.6 Å². The molecular weight excluding hydrogens is 436 g/mol. The zero-order valence-electron chi connectivity index (χ0n) is 21.1. The molecule has 2 aromatic rings. The molecule has 0 saturated carbocycles. The fourth-order valence-electron chi connectivity index (χ4n) is 5.53. The molecule has 0 spiro atoms. The van der Waals surface area contributed by atoms with Gasteiger partial charge in [0.15, 0.2) is 0 Å². The van der Waals surface area contributed by atoms with Gasteiger partial charge in [-0.1, -0.05) is 53.1 Å². The standard InChI is InChI=1S/C24H43N4Si2.ClH/c1-10-19-22(27-13-12-18(16-27)28-15-14-26(3)17-28)20(11-2)24(30(7,8)9)21(25)23(19)29(4,5)6;/h14-15,17-18H,10-13,16,25H2,1-9H3;1H/q+1;/p-1. The first-order chi connectivity index (χ1) is 13.9. The summed E-state index contributed by atoms with van der Waals surface area (Å²) in [5, 5.41) is 3.07. The minimum absolute atomic E-state index is 0. The highest BCUT2D eigenvalue weighted by Gasteiger charge is 2.37. The summed E-state index contributed by atoms with van der Waals surface area (Å²) in [5.41, 5.74) is 12.8. The number of nitrogens with zero attached hydrogens (tertiary/aromatic N) is 3. The molecule has 1 aromatic heterocycles. The first-order valence-corrected chi connectivity index (χ1v) is 18.7. The van der Waals surface area contributed by atoms with Gasteiger partial charge < -0.3 is 23.0 Å². The number of aromatic nitrogens is 2. The van der Waals surface area contributed by atoms with E-state index in [-0.39, 0.29) is 12.4 Å². The molecular formula is C24H43ClN4Si2. The van der Waals surface area contributed by atoms with Crippen LogP contribution in [0.3, 0.4) is 0 Å². The SMILES string of the molecule is CCc1c(N2CCC(n3cc[n+](C)c3)C2)c(CC)c([Si](C)(C)C)c(N)c1[Si](C)(C)C.[Cl-]. The Morgan fingerprint density at radius 3 is 1.90 bits per heavy atom. The molecule has 4 nitrogen and oxygen atoms in total. The average Bonchev–Trinajstić information content (AvgIpc) is 3.26. The van der Waals surface area contributed by atoms with E-state index < -0.39 is 16.1 Å². The number of hydrogen-bond acceptors (Lipinski definition) is 2. The summed E-state index contributed by atoms with van der Waals surface area (Å²) in [5.74, 6) is 0. The Labute approximate surface area is 198 Å². The van der Waals surface area contributed by atoms with Crippen LogP contribution in [0.15, 0.2) is 18.7 Å². The van der Waals surface area contributed by atoms with Gasteiger partial charge in [-0.15, -0.1) is 0 Å². The largest absolute Gasteiger partial charge is 1.00 e. The number of nitrogens with two attached hydrogens (primary N) is 1. The second-order valence-corrected chi connectivity index (χ2v) is 21.1. The summed E-state index contributed by atoms with van der Waals surface area (Å²) in [6.07, 6.45) is 9.93. The van der Waals surface area contributed by atoms with Crippen molar-refractivity contribution in [3.63, 3.8) is 0 Å². The lowest BCUT2D eigenvalue weighted by molar-refractivity contribution is -0.671. The lowest BCUT2D eigenvalue weighted by Crippen LogP contribution is -3.00. The average molecular weight is 479 g/mol. The molecule has 7 heteroatoms. The van der Waals surface area contributed by atoms with Gasteiger partial charge in [-0.25, -0.2) is 9.13 Å². The summed E-state index contributed by atoms with van der Waals surface area (Å²) >= 11 is 0. The van der Waals surface area contributed by atoms with Crippen LogP contribution >= 0.6 is 0 Å². The van der Waals surface area contributed by atoms with Crippen molar-refractivity contribution in [3.05, 3.63) is 29.8 Å². The Hall–Kier alpha value is -1.25. The van der Waals surface area contributed by atoms with Crippen LogP contribution in [0.4, 0.5) is 11.4 Å². The molecule has 31 heavy (non-hydrogen) atoms. The predicted octanol–water partition coefficient (Wildman–Crippen LogP) is 0.565. The van der Waals surface area contributed by atoms with Crippen molar-refractivity contribution >= 4 is 37.9 Å². The van der Waals surface area contributed by atoms with E-state index in [9.17, 15) is 0 Å². The number of benzene rings is 1. The molecule has 1 aliphatic rings. The van der Waals surface area contributed by atoms with Crippen molar-refractivity contribution in [2.75, 3.05) is 23.7 Å². The van der Waals surface area contributed by atoms with E-state index in [4.69, 9.17) is 5.73 Å². The number of aryl methyl sites for hydroxylation is 1. The topological polar surface area (TPSA) is 38.1 Å². The van der Waals surface area contributed by atoms with Crippen LogP contribution < -0.4 is 38.0 Å². The molecule has 0 amide bonds. The minimum Gasteiger partial charge on any atom is -1.00 e. The highest BCUT2D eigenvalue weighted by atomic mass is 35.5. The molecule has 0 radical (unpaired) electrons. The lowest BCUT2D eigenvalue weighted by atomic mass is 10.00. The summed E-state index contributed by atoms with van der Waals surface area (Å²) in [4.78, 5) is 2.70. The second kappa shape index (κ2) is 9.32. The van der Waals surface area contributed by atoms with Gasteiger partial charge in [0.1, 0.15) is 18.4 Å². The lowest BCUT2D eigenvalue weighted by Gasteiger charge is -2.36. The Bertz CT molecular complexity index is 882. The van der Waals surface area contributed by atoms with Crippen molar-refractivity contribution in [2.24, 2.45) is 7.05 Å².